The molecule has 4 N–H and O–H groups in total. The van der Waals surface area contributed by atoms with Crippen molar-refractivity contribution in [2.75, 3.05) is 26.9 Å². The minimum absolute atomic E-state index is 0.0114. The number of hydrogen-bond donors (Lipinski definition) is 3. The van der Waals surface area contributed by atoms with Crippen molar-refractivity contribution in [3.63, 3.8) is 0 Å². The van der Waals surface area contributed by atoms with Crippen molar-refractivity contribution in [1.29, 1.82) is 0 Å². The Morgan fingerprint density at radius 1 is 0.872 bits per heavy atom. The Labute approximate surface area is 284 Å². The molecule has 0 aliphatic carbocycles. The van der Waals surface area contributed by atoms with Crippen LogP contribution in [0.5, 0.6) is 0 Å². The zero-order chi connectivity index (χ0) is 35.0. The standard InChI is InChI=1S/C39H64N2O6/c1-8-9-10-11-12-13-14-15-16-17-18-22-32(46-7)26-31-21-19-20-23-33(31)39(28(2)3)35(37(42)43)30(6)41(29(4)5)34(27-47-25-24-40)36(39)38(44)45/h19-21,23,28-29,32H,8-18,22,24-27,40H2,1-7H3,(H,42,43)(H,44,45). The van der Waals surface area contributed by atoms with Gasteiger partial charge in [-0.25, -0.2) is 9.59 Å². The molecule has 0 saturated heterocycles. The number of carbonyl (C=O) groups is 2. The van der Waals surface area contributed by atoms with Crippen LogP contribution >= 0.6 is 0 Å². The lowest BCUT2D eigenvalue weighted by atomic mass is 9.58. The molecule has 2 atom stereocenters. The van der Waals surface area contributed by atoms with E-state index in [1.54, 1.807) is 14.0 Å². The fraction of sp³-hybridized carbons (Fsp3) is 0.692. The number of aliphatic carboxylic acids is 2. The predicted octanol–water partition coefficient (Wildman–Crippen LogP) is 8.24. The number of nitrogens with two attached hydrogens (primary N) is 1. The van der Waals surface area contributed by atoms with E-state index in [0.717, 1.165) is 24.8 Å². The van der Waals surface area contributed by atoms with Gasteiger partial charge in [-0.2, -0.15) is 0 Å². The molecule has 47 heavy (non-hydrogen) atoms. The maximum absolute atomic E-state index is 13.4. The summed E-state index contributed by atoms with van der Waals surface area (Å²) in [6.45, 7) is 12.3. The van der Waals surface area contributed by atoms with E-state index in [1.165, 1.54) is 57.8 Å². The largest absolute Gasteiger partial charge is 0.478 e. The highest BCUT2D eigenvalue weighted by molar-refractivity contribution is 6.01. The van der Waals surface area contributed by atoms with Crippen LogP contribution in [0, 0.1) is 5.92 Å². The maximum atomic E-state index is 13.4. The Hall–Kier alpha value is -2.68. The minimum atomic E-state index is -1.43. The van der Waals surface area contributed by atoms with Gasteiger partial charge in [0.25, 0.3) is 0 Å². The molecular formula is C39H64N2O6. The van der Waals surface area contributed by atoms with Crippen molar-refractivity contribution < 1.29 is 29.3 Å². The van der Waals surface area contributed by atoms with E-state index in [9.17, 15) is 19.8 Å². The number of carboxylic acids is 2. The normalized spacial score (nSPS) is 17.7. The van der Waals surface area contributed by atoms with E-state index in [1.807, 2.05) is 56.9 Å². The SMILES string of the molecule is CCCCCCCCCCCCCC(Cc1ccccc1C1(C(C)C)C(C(=O)O)=C(C)N(C(C)C)C(COCCN)=C1C(=O)O)OC. The first kappa shape index (κ1) is 40.5. The van der Waals surface area contributed by atoms with Crippen molar-refractivity contribution in [2.45, 2.75) is 143 Å². The summed E-state index contributed by atoms with van der Waals surface area (Å²) in [4.78, 5) is 28.6. The number of rotatable bonds is 24. The summed E-state index contributed by atoms with van der Waals surface area (Å²) in [5.41, 5.74) is 7.02. The van der Waals surface area contributed by atoms with Gasteiger partial charge in [0.15, 0.2) is 0 Å². The van der Waals surface area contributed by atoms with Gasteiger partial charge in [-0.15, -0.1) is 0 Å². The number of unbranched alkanes of at least 4 members (excludes halogenated alkanes) is 10. The van der Waals surface area contributed by atoms with Gasteiger partial charge in [0.05, 0.1) is 41.6 Å². The molecule has 0 saturated carbocycles. The second kappa shape index (κ2) is 20.6. The van der Waals surface area contributed by atoms with E-state index >= 15 is 0 Å². The molecule has 0 bridgehead atoms. The number of benzene rings is 1. The molecule has 0 aromatic heterocycles. The topological polar surface area (TPSA) is 122 Å². The second-order valence-electron chi connectivity index (χ2n) is 13.7. The lowest BCUT2D eigenvalue weighted by Gasteiger charge is -2.49. The van der Waals surface area contributed by atoms with E-state index in [-0.39, 0.29) is 36.5 Å². The van der Waals surface area contributed by atoms with Crippen LogP contribution in [0.4, 0.5) is 0 Å². The molecule has 1 aliphatic heterocycles. The molecule has 8 heteroatoms. The molecule has 2 rings (SSSR count). The van der Waals surface area contributed by atoms with Gasteiger partial charge in [0, 0.05) is 25.4 Å². The summed E-state index contributed by atoms with van der Waals surface area (Å²) in [6, 6.07) is 7.53. The Bertz CT molecular complexity index is 1190. The molecule has 8 nitrogen and oxygen atoms in total. The first-order valence-corrected chi connectivity index (χ1v) is 18.1. The Kier molecular flexibility index (Phi) is 17.8. The van der Waals surface area contributed by atoms with Crippen LogP contribution in [0.15, 0.2) is 46.8 Å². The van der Waals surface area contributed by atoms with Crippen LogP contribution in [0.25, 0.3) is 0 Å². The first-order chi connectivity index (χ1) is 22.5. The lowest BCUT2D eigenvalue weighted by molar-refractivity contribution is -0.135. The molecular weight excluding hydrogens is 592 g/mol. The third-order valence-electron chi connectivity index (χ3n) is 9.76. The molecule has 266 valence electrons. The summed E-state index contributed by atoms with van der Waals surface area (Å²) >= 11 is 0. The molecule has 1 heterocycles. The summed E-state index contributed by atoms with van der Waals surface area (Å²) < 4.78 is 11.9. The average Bonchev–Trinajstić information content (AvgIpc) is 3.02. The van der Waals surface area contributed by atoms with Crippen LogP contribution in [0.1, 0.15) is 130 Å². The number of hydrogen-bond acceptors (Lipinski definition) is 6. The number of nitrogens with zero attached hydrogens (tertiary/aromatic N) is 1. The zero-order valence-electron chi connectivity index (χ0n) is 30.4. The fourth-order valence-corrected chi connectivity index (χ4v) is 7.62. The van der Waals surface area contributed by atoms with Gasteiger partial charge in [0.2, 0.25) is 0 Å². The van der Waals surface area contributed by atoms with Crippen molar-refractivity contribution in [3.8, 4) is 0 Å². The minimum Gasteiger partial charge on any atom is -0.478 e. The average molecular weight is 657 g/mol. The van der Waals surface area contributed by atoms with Gasteiger partial charge in [-0.1, -0.05) is 116 Å². The second-order valence-corrected chi connectivity index (χ2v) is 13.7. The van der Waals surface area contributed by atoms with Crippen molar-refractivity contribution in [1.82, 2.24) is 4.90 Å². The zero-order valence-corrected chi connectivity index (χ0v) is 30.4. The Morgan fingerprint density at radius 2 is 1.43 bits per heavy atom. The van der Waals surface area contributed by atoms with Crippen LogP contribution in [-0.4, -0.2) is 66.1 Å². The highest BCUT2D eigenvalue weighted by Crippen LogP contribution is 2.53. The number of ether oxygens (including phenoxy) is 2. The molecule has 0 fully saturated rings. The van der Waals surface area contributed by atoms with Gasteiger partial charge < -0.3 is 30.3 Å². The molecule has 1 aromatic rings. The van der Waals surface area contributed by atoms with Crippen molar-refractivity contribution >= 4 is 11.9 Å². The summed E-state index contributed by atoms with van der Waals surface area (Å²) in [5, 5.41) is 21.8. The number of allylic oxidation sites excluding steroid dienone is 1. The maximum Gasteiger partial charge on any atom is 0.334 e. The van der Waals surface area contributed by atoms with Crippen LogP contribution in [-0.2, 0) is 30.9 Å². The molecule has 1 aliphatic rings. The predicted molar refractivity (Wildman–Crippen MR) is 190 cm³/mol. The number of carboxylic acid groups (broad SMARTS) is 2. The number of methoxy groups -OCH3 is 1. The molecule has 1 aromatic carbocycles. The van der Waals surface area contributed by atoms with Crippen LogP contribution < -0.4 is 5.73 Å². The van der Waals surface area contributed by atoms with Gasteiger partial charge in [-0.3, -0.25) is 0 Å². The van der Waals surface area contributed by atoms with E-state index < -0.39 is 23.3 Å². The van der Waals surface area contributed by atoms with Gasteiger partial charge in [-0.05, 0) is 50.7 Å². The van der Waals surface area contributed by atoms with E-state index in [0.29, 0.717) is 29.9 Å². The molecule has 0 spiro atoms. The Balaban J connectivity index is 2.45. The third-order valence-corrected chi connectivity index (χ3v) is 9.76. The summed E-state index contributed by atoms with van der Waals surface area (Å²) in [5.74, 6) is -2.68. The fourth-order valence-electron chi connectivity index (χ4n) is 7.62. The van der Waals surface area contributed by atoms with E-state index in [4.69, 9.17) is 15.2 Å². The van der Waals surface area contributed by atoms with Crippen LogP contribution in [0.3, 0.4) is 0 Å². The third kappa shape index (κ3) is 10.4. The highest BCUT2D eigenvalue weighted by atomic mass is 16.5. The monoisotopic (exact) mass is 656 g/mol. The lowest BCUT2D eigenvalue weighted by Crippen LogP contribution is -2.51. The van der Waals surface area contributed by atoms with E-state index in [2.05, 4.69) is 6.92 Å². The van der Waals surface area contributed by atoms with Crippen LogP contribution in [0.2, 0.25) is 0 Å². The quantitative estimate of drug-likeness (QED) is 0.0952. The van der Waals surface area contributed by atoms with Crippen molar-refractivity contribution in [2.24, 2.45) is 11.7 Å². The summed E-state index contributed by atoms with van der Waals surface area (Å²) in [7, 11) is 1.73. The summed E-state index contributed by atoms with van der Waals surface area (Å²) in [6.07, 6.45) is 15.4. The highest BCUT2D eigenvalue weighted by Gasteiger charge is 2.55. The molecule has 0 amide bonds. The smallest absolute Gasteiger partial charge is 0.334 e. The van der Waals surface area contributed by atoms with Gasteiger partial charge in [0.1, 0.15) is 0 Å². The molecule has 2 unspecified atom stereocenters. The Morgan fingerprint density at radius 3 is 1.91 bits per heavy atom. The van der Waals surface area contributed by atoms with Gasteiger partial charge >= 0.3 is 11.9 Å². The van der Waals surface area contributed by atoms with Crippen molar-refractivity contribution in [3.05, 3.63) is 57.9 Å². The first-order valence-electron chi connectivity index (χ1n) is 18.1. The molecule has 0 radical (unpaired) electrons.